The van der Waals surface area contributed by atoms with Crippen LogP contribution in [0.5, 0.6) is 0 Å². The second-order valence-electron chi connectivity index (χ2n) is 5.48. The van der Waals surface area contributed by atoms with E-state index in [2.05, 4.69) is 16.4 Å². The van der Waals surface area contributed by atoms with E-state index >= 15 is 0 Å². The van der Waals surface area contributed by atoms with E-state index in [-0.39, 0.29) is 5.56 Å². The number of pyridine rings is 1. The molecule has 0 aliphatic carbocycles. The van der Waals surface area contributed by atoms with Gasteiger partial charge in [0, 0.05) is 30.8 Å². The summed E-state index contributed by atoms with van der Waals surface area (Å²) in [5, 5.41) is 4.39. The Morgan fingerprint density at radius 3 is 3.10 bits per heavy atom. The van der Waals surface area contributed by atoms with E-state index in [1.807, 2.05) is 25.1 Å². The smallest absolute Gasteiger partial charge is 0.252 e. The number of H-pyrrole nitrogens is 1. The maximum atomic E-state index is 12.0. The van der Waals surface area contributed by atoms with Crippen LogP contribution in [0.4, 0.5) is 0 Å². The van der Waals surface area contributed by atoms with Gasteiger partial charge in [0.05, 0.1) is 6.10 Å². The Morgan fingerprint density at radius 1 is 1.40 bits per heavy atom. The molecule has 0 bridgehead atoms. The molecule has 1 atom stereocenters. The molecule has 2 heterocycles. The summed E-state index contributed by atoms with van der Waals surface area (Å²) in [7, 11) is 0. The van der Waals surface area contributed by atoms with Crippen LogP contribution in [0.1, 0.15) is 24.0 Å². The summed E-state index contributed by atoms with van der Waals surface area (Å²) in [6.45, 7) is 4.28. The molecule has 1 aromatic heterocycles. The van der Waals surface area contributed by atoms with E-state index in [0.29, 0.717) is 12.6 Å². The third-order valence-corrected chi connectivity index (χ3v) is 3.79. The molecule has 0 unspecified atom stereocenters. The Balaban J connectivity index is 1.72. The highest BCUT2D eigenvalue weighted by Crippen LogP contribution is 2.13. The van der Waals surface area contributed by atoms with Crippen molar-refractivity contribution in [2.24, 2.45) is 0 Å². The predicted octanol–water partition coefficient (Wildman–Crippen LogP) is 2.11. The number of nitrogens with one attached hydrogen (secondary N) is 2. The molecule has 3 rings (SSSR count). The molecule has 1 aromatic carbocycles. The van der Waals surface area contributed by atoms with E-state index in [4.69, 9.17) is 4.74 Å². The van der Waals surface area contributed by atoms with Gasteiger partial charge in [-0.15, -0.1) is 0 Å². The van der Waals surface area contributed by atoms with Crippen LogP contribution in [0, 0.1) is 6.92 Å². The molecule has 0 radical (unpaired) electrons. The number of aromatic nitrogens is 1. The van der Waals surface area contributed by atoms with Gasteiger partial charge in [-0.3, -0.25) is 4.79 Å². The van der Waals surface area contributed by atoms with E-state index in [1.165, 1.54) is 0 Å². The van der Waals surface area contributed by atoms with E-state index in [9.17, 15) is 4.79 Å². The first-order valence-electron chi connectivity index (χ1n) is 7.17. The molecular weight excluding hydrogens is 252 g/mol. The molecule has 0 spiro atoms. The van der Waals surface area contributed by atoms with Crippen molar-refractivity contribution in [3.8, 4) is 0 Å². The van der Waals surface area contributed by atoms with E-state index in [0.717, 1.165) is 48.0 Å². The first kappa shape index (κ1) is 13.3. The van der Waals surface area contributed by atoms with Crippen LogP contribution in [0.2, 0.25) is 0 Å². The van der Waals surface area contributed by atoms with Gasteiger partial charge in [0.2, 0.25) is 0 Å². The molecule has 0 saturated carbocycles. The highest BCUT2D eigenvalue weighted by Gasteiger charge is 2.14. The molecule has 106 valence electrons. The third kappa shape index (κ3) is 2.92. The largest absolute Gasteiger partial charge is 0.377 e. The minimum Gasteiger partial charge on any atom is -0.377 e. The highest BCUT2D eigenvalue weighted by molar-refractivity contribution is 5.79. The molecule has 1 fully saturated rings. The van der Waals surface area contributed by atoms with E-state index in [1.54, 1.807) is 0 Å². The van der Waals surface area contributed by atoms with Crippen LogP contribution >= 0.6 is 0 Å². The Bertz CT molecular complexity index is 657. The lowest BCUT2D eigenvalue weighted by molar-refractivity contribution is 0.110. The maximum absolute atomic E-state index is 12.0. The summed E-state index contributed by atoms with van der Waals surface area (Å²) < 4.78 is 5.56. The topological polar surface area (TPSA) is 54.1 Å². The normalized spacial score (nSPS) is 18.8. The predicted molar refractivity (Wildman–Crippen MR) is 80.0 cm³/mol. The molecule has 1 aliphatic heterocycles. The quantitative estimate of drug-likeness (QED) is 0.896. The van der Waals surface area contributed by atoms with Gasteiger partial charge in [-0.2, -0.15) is 0 Å². The fourth-order valence-corrected chi connectivity index (χ4v) is 2.66. The van der Waals surface area contributed by atoms with Crippen molar-refractivity contribution in [2.75, 3.05) is 13.2 Å². The zero-order valence-corrected chi connectivity index (χ0v) is 11.7. The SMILES string of the molecule is Cc1ccc2cc(CNC[C@H]3CCCO3)c(=O)[nH]c2c1. The van der Waals surface area contributed by atoms with Crippen molar-refractivity contribution in [3.05, 3.63) is 45.7 Å². The van der Waals surface area contributed by atoms with Crippen LogP contribution in [0.3, 0.4) is 0 Å². The number of aromatic amines is 1. The summed E-state index contributed by atoms with van der Waals surface area (Å²) in [6.07, 6.45) is 2.56. The van der Waals surface area contributed by atoms with Gasteiger partial charge in [0.1, 0.15) is 0 Å². The number of hydrogen-bond acceptors (Lipinski definition) is 3. The second kappa shape index (κ2) is 5.77. The average Bonchev–Trinajstić information content (AvgIpc) is 2.93. The summed E-state index contributed by atoms with van der Waals surface area (Å²) in [5.41, 5.74) is 2.82. The molecule has 2 aromatic rings. The van der Waals surface area contributed by atoms with Gasteiger partial charge in [-0.05, 0) is 42.8 Å². The molecule has 4 nitrogen and oxygen atoms in total. The zero-order valence-electron chi connectivity index (χ0n) is 11.7. The first-order chi connectivity index (χ1) is 9.72. The Labute approximate surface area is 118 Å². The minimum absolute atomic E-state index is 0.0112. The summed E-state index contributed by atoms with van der Waals surface area (Å²) in [6, 6.07) is 8.07. The lowest BCUT2D eigenvalue weighted by Crippen LogP contribution is -2.28. The standard InChI is InChI=1S/C16H20N2O2/c1-11-4-5-12-8-13(16(19)18-15(12)7-11)9-17-10-14-3-2-6-20-14/h4-5,7-8,14,17H,2-3,6,9-10H2,1H3,(H,18,19)/t14-/m1/s1. The Morgan fingerprint density at radius 2 is 2.30 bits per heavy atom. The third-order valence-electron chi connectivity index (χ3n) is 3.79. The maximum Gasteiger partial charge on any atom is 0.252 e. The summed E-state index contributed by atoms with van der Waals surface area (Å²) >= 11 is 0. The van der Waals surface area contributed by atoms with Gasteiger partial charge in [0.25, 0.3) is 5.56 Å². The summed E-state index contributed by atoms with van der Waals surface area (Å²) in [4.78, 5) is 15.0. The number of fused-ring (bicyclic) bond motifs is 1. The van der Waals surface area contributed by atoms with Crippen molar-refractivity contribution in [1.82, 2.24) is 10.3 Å². The van der Waals surface area contributed by atoms with Gasteiger partial charge in [0.15, 0.2) is 0 Å². The van der Waals surface area contributed by atoms with Gasteiger partial charge < -0.3 is 15.0 Å². The lowest BCUT2D eigenvalue weighted by atomic mass is 10.1. The number of rotatable bonds is 4. The Kier molecular flexibility index (Phi) is 3.85. The highest BCUT2D eigenvalue weighted by atomic mass is 16.5. The monoisotopic (exact) mass is 272 g/mol. The fraction of sp³-hybridized carbons (Fsp3) is 0.438. The van der Waals surface area contributed by atoms with Crippen molar-refractivity contribution in [3.63, 3.8) is 0 Å². The van der Waals surface area contributed by atoms with Crippen LogP contribution in [0.25, 0.3) is 10.9 Å². The van der Waals surface area contributed by atoms with Crippen LogP contribution in [0.15, 0.2) is 29.1 Å². The van der Waals surface area contributed by atoms with Crippen molar-refractivity contribution in [1.29, 1.82) is 0 Å². The first-order valence-corrected chi connectivity index (χ1v) is 7.17. The van der Waals surface area contributed by atoms with Crippen molar-refractivity contribution in [2.45, 2.75) is 32.4 Å². The van der Waals surface area contributed by atoms with E-state index < -0.39 is 0 Å². The zero-order chi connectivity index (χ0) is 13.9. The van der Waals surface area contributed by atoms with Crippen LogP contribution in [-0.4, -0.2) is 24.2 Å². The molecule has 4 heteroatoms. The van der Waals surface area contributed by atoms with Crippen molar-refractivity contribution < 1.29 is 4.74 Å². The van der Waals surface area contributed by atoms with Gasteiger partial charge >= 0.3 is 0 Å². The van der Waals surface area contributed by atoms with Crippen LogP contribution < -0.4 is 10.9 Å². The fourth-order valence-electron chi connectivity index (χ4n) is 2.66. The number of benzene rings is 1. The second-order valence-corrected chi connectivity index (χ2v) is 5.48. The number of ether oxygens (including phenoxy) is 1. The molecule has 1 saturated heterocycles. The summed E-state index contributed by atoms with van der Waals surface area (Å²) in [5.74, 6) is 0. The number of hydrogen-bond donors (Lipinski definition) is 2. The molecule has 0 amide bonds. The molecular formula is C16H20N2O2. The number of aryl methyl sites for hydroxylation is 1. The minimum atomic E-state index is -0.0112. The van der Waals surface area contributed by atoms with Crippen molar-refractivity contribution >= 4 is 10.9 Å². The van der Waals surface area contributed by atoms with Crippen LogP contribution in [-0.2, 0) is 11.3 Å². The average molecular weight is 272 g/mol. The molecule has 20 heavy (non-hydrogen) atoms. The lowest BCUT2D eigenvalue weighted by Gasteiger charge is -2.10. The molecule has 1 aliphatic rings. The molecule has 2 N–H and O–H groups in total. The Hall–Kier alpha value is -1.65. The van der Waals surface area contributed by atoms with Gasteiger partial charge in [-0.25, -0.2) is 0 Å². The van der Waals surface area contributed by atoms with Gasteiger partial charge in [-0.1, -0.05) is 12.1 Å².